The van der Waals surface area contributed by atoms with E-state index in [0.717, 1.165) is 29.7 Å². The summed E-state index contributed by atoms with van der Waals surface area (Å²) in [6, 6.07) is 0. The van der Waals surface area contributed by atoms with Crippen molar-refractivity contribution in [3.05, 3.63) is 23.8 Å². The third-order valence-electron chi connectivity index (χ3n) is 2.29. The van der Waals surface area contributed by atoms with Gasteiger partial charge in [-0.1, -0.05) is 0 Å². The summed E-state index contributed by atoms with van der Waals surface area (Å²) < 4.78 is 4.86. The van der Waals surface area contributed by atoms with Gasteiger partial charge in [-0.05, 0) is 12.0 Å². The second-order valence-corrected chi connectivity index (χ2v) is 3.68. The summed E-state index contributed by atoms with van der Waals surface area (Å²) in [7, 11) is 0. The van der Waals surface area contributed by atoms with Crippen LogP contribution in [-0.4, -0.2) is 33.8 Å². The molecule has 1 aromatic rings. The van der Waals surface area contributed by atoms with E-state index in [0.29, 0.717) is 13.1 Å². The highest BCUT2D eigenvalue weighted by atomic mass is 32.2. The molecule has 5 nitrogen and oxygen atoms in total. The van der Waals surface area contributed by atoms with E-state index in [4.69, 9.17) is 4.18 Å². The van der Waals surface area contributed by atoms with Gasteiger partial charge in [-0.2, -0.15) is 0 Å². The largest absolute Gasteiger partial charge is 0.422 e. The molecule has 1 amide bonds. The molecule has 80 valence electrons. The number of hydrogen-bond acceptors (Lipinski definition) is 5. The Hall–Kier alpha value is -1.30. The topological polar surface area (TPSA) is 55.3 Å². The molecule has 1 aromatic heterocycles. The van der Waals surface area contributed by atoms with Crippen LogP contribution in [0.5, 0.6) is 0 Å². The summed E-state index contributed by atoms with van der Waals surface area (Å²) in [6.45, 7) is 1.18. The number of aromatic nitrogens is 2. The van der Waals surface area contributed by atoms with E-state index in [1.54, 1.807) is 17.4 Å². The molecule has 0 spiro atoms. The smallest absolute Gasteiger partial charge is 0.375 e. The first-order valence-corrected chi connectivity index (χ1v) is 5.73. The highest BCUT2D eigenvalue weighted by molar-refractivity contribution is 7.94. The van der Waals surface area contributed by atoms with Gasteiger partial charge in [0.2, 0.25) is 0 Å². The molecule has 1 aliphatic rings. The molecule has 0 saturated heterocycles. The zero-order valence-corrected chi connectivity index (χ0v) is 9.16. The van der Waals surface area contributed by atoms with Gasteiger partial charge in [0.15, 0.2) is 0 Å². The molecular formula is C9H11N3O2S. The minimum atomic E-state index is -0.299. The highest BCUT2D eigenvalue weighted by Crippen LogP contribution is 2.16. The van der Waals surface area contributed by atoms with Crippen LogP contribution in [0.4, 0.5) is 4.79 Å². The Morgan fingerprint density at radius 2 is 2.53 bits per heavy atom. The van der Waals surface area contributed by atoms with Crippen molar-refractivity contribution in [3.8, 4) is 0 Å². The Labute approximate surface area is 92.1 Å². The van der Waals surface area contributed by atoms with Gasteiger partial charge in [0, 0.05) is 19.0 Å². The van der Waals surface area contributed by atoms with Gasteiger partial charge >= 0.3 is 6.09 Å². The average Bonchev–Trinajstić information content (AvgIpc) is 2.29. The van der Waals surface area contributed by atoms with Gasteiger partial charge in [-0.3, -0.25) is 0 Å². The van der Waals surface area contributed by atoms with Crippen LogP contribution < -0.4 is 0 Å². The Balaban J connectivity index is 2.08. The van der Waals surface area contributed by atoms with Crippen molar-refractivity contribution in [2.75, 3.05) is 12.8 Å². The van der Waals surface area contributed by atoms with Crippen molar-refractivity contribution < 1.29 is 8.98 Å². The van der Waals surface area contributed by atoms with Gasteiger partial charge in [0.1, 0.15) is 6.33 Å². The molecule has 0 aliphatic carbocycles. The van der Waals surface area contributed by atoms with Crippen molar-refractivity contribution in [1.82, 2.24) is 14.9 Å². The van der Waals surface area contributed by atoms with E-state index < -0.39 is 0 Å². The van der Waals surface area contributed by atoms with E-state index in [2.05, 4.69) is 9.97 Å². The maximum atomic E-state index is 11.4. The SMILES string of the molecule is CSOC(=O)N1CCc2cncnc2C1. The molecule has 0 unspecified atom stereocenters. The normalized spacial score (nSPS) is 14.6. The Morgan fingerprint density at radius 3 is 3.33 bits per heavy atom. The van der Waals surface area contributed by atoms with Crippen molar-refractivity contribution in [3.63, 3.8) is 0 Å². The fourth-order valence-corrected chi connectivity index (χ4v) is 1.78. The molecule has 0 N–H and O–H groups in total. The first kappa shape index (κ1) is 10.2. The number of fused-ring (bicyclic) bond motifs is 1. The second kappa shape index (κ2) is 4.48. The van der Waals surface area contributed by atoms with E-state index in [1.165, 1.54) is 6.33 Å². The first-order chi connectivity index (χ1) is 7.31. The average molecular weight is 225 g/mol. The lowest BCUT2D eigenvalue weighted by molar-refractivity contribution is 0.154. The molecular weight excluding hydrogens is 214 g/mol. The summed E-state index contributed by atoms with van der Waals surface area (Å²) in [4.78, 5) is 21.2. The van der Waals surface area contributed by atoms with Crippen LogP contribution in [-0.2, 0) is 17.1 Å². The van der Waals surface area contributed by atoms with Crippen molar-refractivity contribution in [2.24, 2.45) is 0 Å². The summed E-state index contributed by atoms with van der Waals surface area (Å²) in [5, 5.41) is 0. The van der Waals surface area contributed by atoms with Crippen LogP contribution in [0.1, 0.15) is 11.3 Å². The maximum absolute atomic E-state index is 11.4. The molecule has 0 saturated carbocycles. The van der Waals surface area contributed by atoms with Crippen LogP contribution in [0, 0.1) is 0 Å². The van der Waals surface area contributed by atoms with Crippen LogP contribution in [0.2, 0.25) is 0 Å². The van der Waals surface area contributed by atoms with Crippen LogP contribution in [0.25, 0.3) is 0 Å². The van der Waals surface area contributed by atoms with Gasteiger partial charge < -0.3 is 9.08 Å². The predicted molar refractivity (Wildman–Crippen MR) is 56.1 cm³/mol. The Morgan fingerprint density at radius 1 is 1.67 bits per heavy atom. The zero-order chi connectivity index (χ0) is 10.7. The quantitative estimate of drug-likeness (QED) is 0.673. The minimum absolute atomic E-state index is 0.299. The van der Waals surface area contributed by atoms with Gasteiger partial charge in [0.05, 0.1) is 24.3 Å². The molecule has 2 rings (SSSR count). The maximum Gasteiger partial charge on any atom is 0.422 e. The number of carbonyl (C=O) groups excluding carboxylic acids is 1. The van der Waals surface area contributed by atoms with Crippen molar-refractivity contribution in [1.29, 1.82) is 0 Å². The molecule has 6 heteroatoms. The fraction of sp³-hybridized carbons (Fsp3) is 0.444. The summed E-state index contributed by atoms with van der Waals surface area (Å²) in [6.07, 6.45) is 5.52. The first-order valence-electron chi connectivity index (χ1n) is 4.58. The summed E-state index contributed by atoms with van der Waals surface area (Å²) in [5.74, 6) is 0. The third kappa shape index (κ3) is 2.20. The van der Waals surface area contributed by atoms with E-state index in [9.17, 15) is 4.79 Å². The number of rotatable bonds is 1. The van der Waals surface area contributed by atoms with E-state index in [1.807, 2.05) is 0 Å². The highest BCUT2D eigenvalue weighted by Gasteiger charge is 2.22. The minimum Gasteiger partial charge on any atom is -0.375 e. The van der Waals surface area contributed by atoms with Crippen LogP contribution in [0.3, 0.4) is 0 Å². The lowest BCUT2D eigenvalue weighted by Gasteiger charge is -2.26. The number of hydrogen-bond donors (Lipinski definition) is 0. The number of amides is 1. The van der Waals surface area contributed by atoms with Crippen LogP contribution >= 0.6 is 12.0 Å². The monoisotopic (exact) mass is 225 g/mol. The Bertz CT molecular complexity index is 372. The van der Waals surface area contributed by atoms with Crippen molar-refractivity contribution >= 4 is 18.1 Å². The van der Waals surface area contributed by atoms with Gasteiger partial charge in [0.25, 0.3) is 0 Å². The molecule has 15 heavy (non-hydrogen) atoms. The summed E-state index contributed by atoms with van der Waals surface area (Å²) >= 11 is 1.06. The molecule has 1 aliphatic heterocycles. The standard InChI is InChI=1S/C9H11N3O2S/c1-15-14-9(13)12-3-2-7-4-10-6-11-8(7)5-12/h4,6H,2-3,5H2,1H3. The summed E-state index contributed by atoms with van der Waals surface area (Å²) in [5.41, 5.74) is 2.03. The van der Waals surface area contributed by atoms with E-state index >= 15 is 0 Å². The lowest BCUT2D eigenvalue weighted by Crippen LogP contribution is -2.36. The van der Waals surface area contributed by atoms with Gasteiger partial charge in [-0.25, -0.2) is 14.8 Å². The number of carbonyl (C=O) groups is 1. The molecule has 0 atom stereocenters. The fourth-order valence-electron chi connectivity index (χ4n) is 1.53. The second-order valence-electron chi connectivity index (χ2n) is 3.18. The Kier molecular flexibility index (Phi) is 3.05. The number of nitrogens with zero attached hydrogens (tertiary/aromatic N) is 3. The third-order valence-corrected chi connectivity index (χ3v) is 2.60. The molecule has 2 heterocycles. The lowest BCUT2D eigenvalue weighted by atomic mass is 10.1. The van der Waals surface area contributed by atoms with Gasteiger partial charge in [-0.15, -0.1) is 0 Å². The van der Waals surface area contributed by atoms with Crippen LogP contribution in [0.15, 0.2) is 12.5 Å². The van der Waals surface area contributed by atoms with E-state index in [-0.39, 0.29) is 6.09 Å². The molecule has 0 fully saturated rings. The zero-order valence-electron chi connectivity index (χ0n) is 8.34. The molecule has 0 radical (unpaired) electrons. The predicted octanol–water partition coefficient (Wildman–Crippen LogP) is 1.25. The molecule has 0 aromatic carbocycles. The van der Waals surface area contributed by atoms with Crippen molar-refractivity contribution in [2.45, 2.75) is 13.0 Å². The molecule has 0 bridgehead atoms.